The number of carbonyl (C=O) groups excluding carboxylic acids is 5. The van der Waals surface area contributed by atoms with Gasteiger partial charge < -0.3 is 14.5 Å². The van der Waals surface area contributed by atoms with Crippen LogP contribution < -0.4 is 10.2 Å². The Hall–Kier alpha value is -4.29. The summed E-state index contributed by atoms with van der Waals surface area (Å²) in [5.41, 5.74) is 5.58. The van der Waals surface area contributed by atoms with E-state index in [-0.39, 0.29) is 48.9 Å². The number of imide groups is 1. The molecule has 3 aromatic carbocycles. The highest BCUT2D eigenvalue weighted by molar-refractivity contribution is 8.77. The molecule has 1 aliphatic carbocycles. The molecule has 3 aromatic rings. The van der Waals surface area contributed by atoms with Crippen LogP contribution in [0.15, 0.2) is 71.6 Å². The molecule has 5 rings (SSSR count). The number of fused-ring (bicyclic) bond motifs is 3. The summed E-state index contributed by atoms with van der Waals surface area (Å²) in [6.45, 7) is 8.62. The molecule has 2 aliphatic rings. The average Bonchev–Trinajstić information content (AvgIpc) is 3.59. The molecule has 0 radical (unpaired) electrons. The van der Waals surface area contributed by atoms with Gasteiger partial charge in [0.25, 0.3) is 11.8 Å². The summed E-state index contributed by atoms with van der Waals surface area (Å²) in [7, 11) is 3.18. The molecular formula is C38H43N3O7S2. The van der Waals surface area contributed by atoms with Crippen LogP contribution >= 0.6 is 21.6 Å². The predicted octanol–water partition coefficient (Wildman–Crippen LogP) is 8.50. The maximum atomic E-state index is 13.5. The molecular weight excluding hydrogens is 675 g/mol. The first-order valence-electron chi connectivity index (χ1n) is 16.9. The number of ether oxygens (including phenoxy) is 1. The number of carbonyl (C=O) groups is 5. The standard InChI is InChI=1S/C38H43N3O7S2/c1-5-32(42)40(23-12-6-7-20-35(45)48-41-33(43)21-22-34(41)44)30-18-13-19-31(49-50-38(2,3)4)36(30)39-37(46)47-24-29-27-16-10-8-14-25(27)26-15-9-11-17-28(26)29/h8-11,13-19,29H,5-7,12,20-24H2,1-4H3,(H,39,46). The fourth-order valence-electron chi connectivity index (χ4n) is 5.94. The van der Waals surface area contributed by atoms with Gasteiger partial charge in [0.2, 0.25) is 5.91 Å². The molecule has 264 valence electrons. The molecule has 1 N–H and O–H groups in total. The van der Waals surface area contributed by atoms with Crippen molar-refractivity contribution in [1.29, 1.82) is 0 Å². The van der Waals surface area contributed by atoms with Gasteiger partial charge in [0.05, 0.1) is 11.4 Å². The number of nitrogens with zero attached hydrogens (tertiary/aromatic N) is 2. The number of hydrogen-bond acceptors (Lipinski definition) is 9. The third-order valence-corrected chi connectivity index (χ3v) is 11.7. The summed E-state index contributed by atoms with van der Waals surface area (Å²) < 4.78 is 5.83. The lowest BCUT2D eigenvalue weighted by molar-refractivity contribution is -0.197. The summed E-state index contributed by atoms with van der Waals surface area (Å²) in [4.78, 5) is 70.1. The van der Waals surface area contributed by atoms with Crippen molar-refractivity contribution in [3.63, 3.8) is 0 Å². The molecule has 12 heteroatoms. The zero-order valence-electron chi connectivity index (χ0n) is 28.9. The number of anilines is 2. The summed E-state index contributed by atoms with van der Waals surface area (Å²) in [5, 5.41) is 3.55. The molecule has 0 bridgehead atoms. The van der Waals surface area contributed by atoms with Crippen LogP contribution in [-0.2, 0) is 28.8 Å². The number of nitrogens with one attached hydrogen (secondary N) is 1. The summed E-state index contributed by atoms with van der Waals surface area (Å²) in [6, 6.07) is 21.9. The van der Waals surface area contributed by atoms with E-state index in [1.165, 1.54) is 10.8 Å². The minimum absolute atomic E-state index is 0.0313. The Morgan fingerprint density at radius 2 is 1.52 bits per heavy atom. The molecule has 1 heterocycles. The molecule has 1 saturated heterocycles. The van der Waals surface area contributed by atoms with Gasteiger partial charge in [0.15, 0.2) is 0 Å². The molecule has 0 atom stereocenters. The normalized spacial score (nSPS) is 14.0. The fourth-order valence-corrected chi connectivity index (χ4v) is 8.09. The third kappa shape index (κ3) is 9.08. The average molecular weight is 718 g/mol. The fraction of sp³-hybridized carbons (Fsp3) is 0.395. The van der Waals surface area contributed by atoms with Gasteiger partial charge in [-0.15, -0.1) is 5.06 Å². The maximum absolute atomic E-state index is 13.5. The molecule has 1 fully saturated rings. The SMILES string of the molecule is CCC(=O)N(CCCCCC(=O)ON1C(=O)CCC1=O)c1cccc(SSC(C)(C)C)c1NC(=O)OCC1c2ccccc2-c2ccccc21. The van der Waals surface area contributed by atoms with Crippen molar-refractivity contribution in [3.8, 4) is 11.1 Å². The van der Waals surface area contributed by atoms with Crippen LogP contribution in [-0.4, -0.2) is 52.7 Å². The van der Waals surface area contributed by atoms with Crippen molar-refractivity contribution >= 4 is 62.7 Å². The van der Waals surface area contributed by atoms with Crippen LogP contribution in [0, 0.1) is 0 Å². The van der Waals surface area contributed by atoms with Gasteiger partial charge in [-0.05, 0) is 47.2 Å². The molecule has 10 nitrogen and oxygen atoms in total. The number of hydroxylamine groups is 2. The number of benzene rings is 3. The summed E-state index contributed by atoms with van der Waals surface area (Å²) in [6.07, 6.45) is 1.37. The van der Waals surface area contributed by atoms with Crippen LogP contribution in [0.25, 0.3) is 11.1 Å². The molecule has 50 heavy (non-hydrogen) atoms. The molecule has 0 spiro atoms. The van der Waals surface area contributed by atoms with Gasteiger partial charge in [-0.2, -0.15) is 0 Å². The topological polar surface area (TPSA) is 122 Å². The van der Waals surface area contributed by atoms with E-state index in [0.717, 1.165) is 27.1 Å². The van der Waals surface area contributed by atoms with Crippen LogP contribution in [0.1, 0.15) is 89.7 Å². The van der Waals surface area contributed by atoms with Crippen molar-refractivity contribution in [2.45, 2.75) is 88.2 Å². The molecule has 4 amide bonds. The van der Waals surface area contributed by atoms with Gasteiger partial charge in [-0.3, -0.25) is 19.7 Å². The number of rotatable bonds is 14. The Balaban J connectivity index is 1.28. The number of amides is 4. The van der Waals surface area contributed by atoms with E-state index >= 15 is 0 Å². The minimum atomic E-state index is -0.647. The van der Waals surface area contributed by atoms with Gasteiger partial charge in [-0.25, -0.2) is 9.59 Å². The van der Waals surface area contributed by atoms with E-state index in [2.05, 4.69) is 50.4 Å². The van der Waals surface area contributed by atoms with Crippen LogP contribution in [0.2, 0.25) is 0 Å². The van der Waals surface area contributed by atoms with Crippen molar-refractivity contribution < 1.29 is 33.5 Å². The van der Waals surface area contributed by atoms with Crippen LogP contribution in [0.4, 0.5) is 16.2 Å². The maximum Gasteiger partial charge on any atom is 0.411 e. The minimum Gasteiger partial charge on any atom is -0.448 e. The van der Waals surface area contributed by atoms with Gasteiger partial charge in [0.1, 0.15) is 6.61 Å². The lowest BCUT2D eigenvalue weighted by atomic mass is 9.98. The van der Waals surface area contributed by atoms with Crippen molar-refractivity contribution in [2.24, 2.45) is 0 Å². The monoisotopic (exact) mass is 717 g/mol. The van der Waals surface area contributed by atoms with Crippen LogP contribution in [0.3, 0.4) is 0 Å². The number of unbranched alkanes of at least 4 members (excludes halogenated alkanes) is 2. The van der Waals surface area contributed by atoms with E-state index in [1.807, 2.05) is 42.5 Å². The van der Waals surface area contributed by atoms with E-state index < -0.39 is 23.9 Å². The third-order valence-electron chi connectivity index (χ3n) is 8.31. The highest BCUT2D eigenvalue weighted by Crippen LogP contribution is 2.47. The van der Waals surface area contributed by atoms with E-state index in [0.29, 0.717) is 42.2 Å². The predicted molar refractivity (Wildman–Crippen MR) is 197 cm³/mol. The molecule has 0 saturated carbocycles. The van der Waals surface area contributed by atoms with Gasteiger partial charge >= 0.3 is 12.1 Å². The molecule has 1 aliphatic heterocycles. The quantitative estimate of drug-likeness (QED) is 0.0994. The van der Waals surface area contributed by atoms with Crippen molar-refractivity contribution in [1.82, 2.24) is 5.06 Å². The smallest absolute Gasteiger partial charge is 0.411 e. The molecule has 0 aromatic heterocycles. The summed E-state index contributed by atoms with van der Waals surface area (Å²) in [5.74, 6) is -1.88. The Morgan fingerprint density at radius 3 is 2.14 bits per heavy atom. The van der Waals surface area contributed by atoms with Gasteiger partial charge in [0, 0.05) is 47.8 Å². The first-order chi connectivity index (χ1) is 24.0. The van der Waals surface area contributed by atoms with Crippen molar-refractivity contribution in [2.75, 3.05) is 23.4 Å². The Labute approximate surface area is 301 Å². The Morgan fingerprint density at radius 1 is 0.880 bits per heavy atom. The highest BCUT2D eigenvalue weighted by atomic mass is 33.1. The lowest BCUT2D eigenvalue weighted by Crippen LogP contribution is -2.33. The van der Waals surface area contributed by atoms with Crippen LogP contribution in [0.5, 0.6) is 0 Å². The zero-order valence-corrected chi connectivity index (χ0v) is 30.5. The molecule has 0 unspecified atom stereocenters. The van der Waals surface area contributed by atoms with Gasteiger partial charge in [-0.1, -0.05) is 110 Å². The second-order valence-electron chi connectivity index (χ2n) is 13.1. The second kappa shape index (κ2) is 16.6. The lowest BCUT2D eigenvalue weighted by Gasteiger charge is -2.27. The van der Waals surface area contributed by atoms with E-state index in [9.17, 15) is 24.0 Å². The first-order valence-corrected chi connectivity index (χ1v) is 19.1. The zero-order chi connectivity index (χ0) is 35.8. The number of hydrogen-bond donors (Lipinski definition) is 1. The Bertz CT molecular complexity index is 1690. The summed E-state index contributed by atoms with van der Waals surface area (Å²) >= 11 is 0. The first kappa shape index (κ1) is 37.0. The van der Waals surface area contributed by atoms with E-state index in [4.69, 9.17) is 9.57 Å². The van der Waals surface area contributed by atoms with Crippen molar-refractivity contribution in [3.05, 3.63) is 77.9 Å². The Kier molecular flexibility index (Phi) is 12.3. The van der Waals surface area contributed by atoms with E-state index in [1.54, 1.807) is 22.6 Å². The number of para-hydroxylation sites is 1. The second-order valence-corrected chi connectivity index (χ2v) is 16.1. The highest BCUT2D eigenvalue weighted by Gasteiger charge is 2.33. The largest absolute Gasteiger partial charge is 0.448 e.